The van der Waals surface area contributed by atoms with Gasteiger partial charge in [0.05, 0.1) is 19.3 Å². The van der Waals surface area contributed by atoms with E-state index in [4.69, 9.17) is 9.47 Å². The fourth-order valence-corrected chi connectivity index (χ4v) is 4.55. The normalized spacial score (nSPS) is 35.5. The van der Waals surface area contributed by atoms with E-state index in [0.29, 0.717) is 25.6 Å². The van der Waals surface area contributed by atoms with Crippen LogP contribution in [0.4, 0.5) is 0 Å². The molecular formula is C23H34O4. The van der Waals surface area contributed by atoms with Gasteiger partial charge in [0, 0.05) is 42.9 Å². The molecule has 27 heavy (non-hydrogen) atoms. The van der Waals surface area contributed by atoms with Gasteiger partial charge in [-0.25, -0.2) is 0 Å². The van der Waals surface area contributed by atoms with Crippen molar-refractivity contribution in [3.8, 4) is 23.7 Å². The average Bonchev–Trinajstić information content (AvgIpc) is 3.09. The molecule has 2 aliphatic carbocycles. The second-order valence-corrected chi connectivity index (χ2v) is 9.44. The predicted octanol–water partition coefficient (Wildman–Crippen LogP) is 2.97. The number of fused-ring (bicyclic) bond motifs is 1. The van der Waals surface area contributed by atoms with Crippen molar-refractivity contribution < 1.29 is 19.7 Å². The van der Waals surface area contributed by atoms with Crippen LogP contribution in [0.25, 0.3) is 0 Å². The van der Waals surface area contributed by atoms with E-state index in [2.05, 4.69) is 37.5 Å². The van der Waals surface area contributed by atoms with Gasteiger partial charge in [-0.15, -0.1) is 11.8 Å². The van der Waals surface area contributed by atoms with Crippen LogP contribution in [0, 0.1) is 52.8 Å². The summed E-state index contributed by atoms with van der Waals surface area (Å²) >= 11 is 0. The van der Waals surface area contributed by atoms with E-state index in [-0.39, 0.29) is 23.2 Å². The highest BCUT2D eigenvalue weighted by Gasteiger charge is 2.56. The minimum Gasteiger partial charge on any atom is -0.392 e. The summed E-state index contributed by atoms with van der Waals surface area (Å²) in [4.78, 5) is 0. The van der Waals surface area contributed by atoms with Crippen LogP contribution in [0.3, 0.4) is 0 Å². The molecule has 3 aliphatic rings. The molecule has 1 saturated heterocycles. The molecule has 2 N–H and O–H groups in total. The van der Waals surface area contributed by atoms with E-state index in [0.717, 1.165) is 25.7 Å². The molecule has 1 aliphatic heterocycles. The summed E-state index contributed by atoms with van der Waals surface area (Å²) in [5.74, 6) is 12.4. The van der Waals surface area contributed by atoms with Gasteiger partial charge < -0.3 is 19.7 Å². The smallest absolute Gasteiger partial charge is 0.168 e. The maximum atomic E-state index is 10.5. The Morgan fingerprint density at radius 3 is 2.52 bits per heavy atom. The van der Waals surface area contributed by atoms with Crippen LogP contribution >= 0.6 is 0 Å². The largest absolute Gasteiger partial charge is 0.392 e. The highest BCUT2D eigenvalue weighted by atomic mass is 16.7. The molecule has 0 aromatic carbocycles. The highest BCUT2D eigenvalue weighted by molar-refractivity contribution is 5.18. The van der Waals surface area contributed by atoms with E-state index < -0.39 is 18.0 Å². The number of hydrogen-bond acceptors (Lipinski definition) is 4. The maximum Gasteiger partial charge on any atom is 0.168 e. The molecule has 3 rings (SSSR count). The minimum atomic E-state index is -0.708. The molecule has 2 saturated carbocycles. The molecule has 4 heteroatoms. The van der Waals surface area contributed by atoms with E-state index in [9.17, 15) is 10.2 Å². The van der Waals surface area contributed by atoms with Crippen LogP contribution in [0.1, 0.15) is 59.8 Å². The van der Waals surface area contributed by atoms with E-state index in [1.807, 2.05) is 13.8 Å². The fraction of sp³-hybridized carbons (Fsp3) is 0.826. The van der Waals surface area contributed by atoms with Gasteiger partial charge in [-0.05, 0) is 18.3 Å². The molecule has 0 bridgehead atoms. The average molecular weight is 375 g/mol. The number of aliphatic hydroxyl groups excluding tert-OH is 2. The highest BCUT2D eigenvalue weighted by Crippen LogP contribution is 2.54. The van der Waals surface area contributed by atoms with Crippen LogP contribution in [-0.4, -0.2) is 41.4 Å². The number of rotatable bonds is 2. The Balaban J connectivity index is 1.62. The Bertz CT molecular complexity index is 637. The van der Waals surface area contributed by atoms with Crippen molar-refractivity contribution in [2.24, 2.45) is 29.1 Å². The van der Waals surface area contributed by atoms with Crippen molar-refractivity contribution >= 4 is 0 Å². The number of aliphatic hydroxyl groups is 2. The van der Waals surface area contributed by atoms with Gasteiger partial charge in [-0.2, -0.15) is 0 Å². The molecule has 150 valence electrons. The molecule has 1 heterocycles. The summed E-state index contributed by atoms with van der Waals surface area (Å²) < 4.78 is 12.3. The molecule has 0 unspecified atom stereocenters. The molecule has 0 radical (unpaired) electrons. The SMILES string of the molecule is CCC#CC[C@H](C)[C@H](O)C#C[C@@H]1[C@H]2CC3(C[C@H]2C[C@H]1O)OCC(C)(C)CO3. The topological polar surface area (TPSA) is 58.9 Å². The molecule has 4 nitrogen and oxygen atoms in total. The number of ether oxygens (including phenoxy) is 2. The second-order valence-electron chi connectivity index (χ2n) is 9.44. The van der Waals surface area contributed by atoms with Crippen molar-refractivity contribution in [2.75, 3.05) is 13.2 Å². The van der Waals surface area contributed by atoms with E-state index in [1.54, 1.807) is 0 Å². The second kappa shape index (κ2) is 8.14. The van der Waals surface area contributed by atoms with E-state index >= 15 is 0 Å². The van der Waals surface area contributed by atoms with Gasteiger partial charge >= 0.3 is 0 Å². The molecule has 0 aromatic rings. The number of hydrogen-bond donors (Lipinski definition) is 2. The van der Waals surface area contributed by atoms with E-state index in [1.165, 1.54) is 0 Å². The van der Waals surface area contributed by atoms with Crippen LogP contribution in [0.2, 0.25) is 0 Å². The van der Waals surface area contributed by atoms with Crippen molar-refractivity contribution in [3.63, 3.8) is 0 Å². The standard InChI is InChI=1S/C23H34O4/c1-5-6-7-8-16(2)20(24)10-9-18-19-13-23(12-17(19)11-21(18)25)26-14-22(3,4)15-27-23/h16-21,24-25H,5,8,11-15H2,1-4H3/t16-,17+,18+,19-,20+,21+/m0/s1. The van der Waals surface area contributed by atoms with Crippen molar-refractivity contribution in [1.82, 2.24) is 0 Å². The Morgan fingerprint density at radius 2 is 1.85 bits per heavy atom. The Labute approximate surface area is 164 Å². The first-order valence-electron chi connectivity index (χ1n) is 10.4. The molecule has 0 amide bonds. The zero-order valence-corrected chi connectivity index (χ0v) is 17.1. The third-order valence-electron chi connectivity index (χ3n) is 6.26. The summed E-state index contributed by atoms with van der Waals surface area (Å²) in [5.41, 5.74) is 0.0581. The first kappa shape index (κ1) is 20.7. The lowest BCUT2D eigenvalue weighted by atomic mass is 9.90. The molecule has 0 aromatic heterocycles. The Hall–Kier alpha value is -1.04. The summed E-state index contributed by atoms with van der Waals surface area (Å²) in [7, 11) is 0. The third kappa shape index (κ3) is 4.69. The predicted molar refractivity (Wildman–Crippen MR) is 104 cm³/mol. The third-order valence-corrected chi connectivity index (χ3v) is 6.26. The molecule has 3 fully saturated rings. The van der Waals surface area contributed by atoms with Gasteiger partial charge in [0.15, 0.2) is 5.79 Å². The molecule has 1 spiro atoms. The van der Waals surface area contributed by atoms with Crippen LogP contribution in [0.15, 0.2) is 0 Å². The first-order chi connectivity index (χ1) is 12.8. The lowest BCUT2D eigenvalue weighted by molar-refractivity contribution is -0.298. The summed E-state index contributed by atoms with van der Waals surface area (Å²) in [6.45, 7) is 9.71. The van der Waals surface area contributed by atoms with Crippen molar-refractivity contribution in [2.45, 2.75) is 77.8 Å². The van der Waals surface area contributed by atoms with Crippen LogP contribution in [0.5, 0.6) is 0 Å². The zero-order chi connectivity index (χ0) is 19.7. The monoisotopic (exact) mass is 374 g/mol. The summed E-state index contributed by atoms with van der Waals surface area (Å²) in [6, 6.07) is 0. The van der Waals surface area contributed by atoms with Gasteiger partial charge in [0.25, 0.3) is 0 Å². The van der Waals surface area contributed by atoms with Gasteiger partial charge in [0.2, 0.25) is 0 Å². The van der Waals surface area contributed by atoms with Crippen LogP contribution in [-0.2, 0) is 9.47 Å². The zero-order valence-electron chi connectivity index (χ0n) is 17.1. The molecular weight excluding hydrogens is 340 g/mol. The Morgan fingerprint density at radius 1 is 1.15 bits per heavy atom. The van der Waals surface area contributed by atoms with Crippen molar-refractivity contribution in [1.29, 1.82) is 0 Å². The fourth-order valence-electron chi connectivity index (χ4n) is 4.55. The van der Waals surface area contributed by atoms with Gasteiger partial charge in [-0.3, -0.25) is 0 Å². The lowest BCUT2D eigenvalue weighted by Gasteiger charge is -2.42. The van der Waals surface area contributed by atoms with Crippen molar-refractivity contribution in [3.05, 3.63) is 0 Å². The van der Waals surface area contributed by atoms with Gasteiger partial charge in [0.1, 0.15) is 6.10 Å². The quantitative estimate of drug-likeness (QED) is 0.730. The van der Waals surface area contributed by atoms with Crippen LogP contribution < -0.4 is 0 Å². The molecule has 6 atom stereocenters. The minimum absolute atomic E-state index is 0.00746. The van der Waals surface area contributed by atoms with Gasteiger partial charge in [-0.1, -0.05) is 39.5 Å². The first-order valence-corrected chi connectivity index (χ1v) is 10.4. The lowest BCUT2D eigenvalue weighted by Crippen LogP contribution is -2.46. The maximum absolute atomic E-state index is 10.5. The summed E-state index contributed by atoms with van der Waals surface area (Å²) in [5, 5.41) is 20.8. The Kier molecular flexibility index (Phi) is 6.24. The summed E-state index contributed by atoms with van der Waals surface area (Å²) in [6.07, 6.45) is 2.72.